The van der Waals surface area contributed by atoms with Crippen molar-refractivity contribution in [3.63, 3.8) is 0 Å². The highest BCUT2D eigenvalue weighted by Gasteiger charge is 2.39. The highest BCUT2D eigenvalue weighted by molar-refractivity contribution is 4.92. The van der Waals surface area contributed by atoms with E-state index in [1.807, 2.05) is 0 Å². The summed E-state index contributed by atoms with van der Waals surface area (Å²) in [7, 11) is 0. The maximum absolute atomic E-state index is 6.34. The van der Waals surface area contributed by atoms with Crippen molar-refractivity contribution in [2.45, 2.75) is 79.3 Å². The monoisotopic (exact) mass is 308 g/mol. The summed E-state index contributed by atoms with van der Waals surface area (Å²) in [6.07, 6.45) is 5.31. The fourth-order valence-corrected chi connectivity index (χ4v) is 5.57. The topological polar surface area (TPSA) is 52.0 Å². The van der Waals surface area contributed by atoms with Gasteiger partial charge in [0.1, 0.15) is 0 Å². The van der Waals surface area contributed by atoms with Gasteiger partial charge in [0.25, 0.3) is 0 Å². The molecule has 0 aromatic carbocycles. The SMILES string of the molecule is CC1CC(C(C)C(C)C2CC(C)C(N)C(C)C2)CC(C)C1N. The number of hydrogen-bond donors (Lipinski definition) is 2. The van der Waals surface area contributed by atoms with Crippen molar-refractivity contribution in [3.8, 4) is 0 Å². The molecule has 2 fully saturated rings. The van der Waals surface area contributed by atoms with E-state index >= 15 is 0 Å². The molecule has 2 rings (SSSR count). The predicted octanol–water partition coefficient (Wildman–Crippen LogP) is 4.28. The number of nitrogens with two attached hydrogens (primary N) is 2. The van der Waals surface area contributed by atoms with Gasteiger partial charge in [0.2, 0.25) is 0 Å². The Bertz CT molecular complexity index is 298. The van der Waals surface area contributed by atoms with E-state index in [0.29, 0.717) is 35.8 Å². The minimum Gasteiger partial charge on any atom is -0.327 e. The quantitative estimate of drug-likeness (QED) is 0.817. The van der Waals surface area contributed by atoms with Crippen LogP contribution >= 0.6 is 0 Å². The Labute approximate surface area is 138 Å². The fraction of sp³-hybridized carbons (Fsp3) is 1.00. The van der Waals surface area contributed by atoms with Crippen molar-refractivity contribution >= 4 is 0 Å². The van der Waals surface area contributed by atoms with E-state index in [1.165, 1.54) is 25.7 Å². The van der Waals surface area contributed by atoms with Crippen molar-refractivity contribution in [3.05, 3.63) is 0 Å². The van der Waals surface area contributed by atoms with Gasteiger partial charge in [0, 0.05) is 12.1 Å². The zero-order valence-corrected chi connectivity index (χ0v) is 15.8. The van der Waals surface area contributed by atoms with E-state index in [4.69, 9.17) is 11.5 Å². The zero-order valence-electron chi connectivity index (χ0n) is 15.8. The summed E-state index contributed by atoms with van der Waals surface area (Å²) in [4.78, 5) is 0. The molecule has 130 valence electrons. The number of rotatable bonds is 3. The van der Waals surface area contributed by atoms with Crippen molar-refractivity contribution < 1.29 is 0 Å². The van der Waals surface area contributed by atoms with Gasteiger partial charge in [-0.15, -0.1) is 0 Å². The second-order valence-corrected chi connectivity index (χ2v) is 9.25. The van der Waals surface area contributed by atoms with E-state index in [2.05, 4.69) is 41.5 Å². The van der Waals surface area contributed by atoms with E-state index in [-0.39, 0.29) is 0 Å². The first-order chi connectivity index (χ1) is 10.2. The van der Waals surface area contributed by atoms with Gasteiger partial charge in [-0.25, -0.2) is 0 Å². The molecule has 0 aliphatic heterocycles. The van der Waals surface area contributed by atoms with Crippen LogP contribution in [0.25, 0.3) is 0 Å². The third-order valence-electron chi connectivity index (χ3n) is 7.64. The molecule has 6 atom stereocenters. The zero-order chi connectivity index (χ0) is 16.6. The van der Waals surface area contributed by atoms with E-state index in [9.17, 15) is 0 Å². The van der Waals surface area contributed by atoms with Crippen LogP contribution < -0.4 is 11.5 Å². The molecule has 0 aromatic rings. The first-order valence-electron chi connectivity index (χ1n) is 9.73. The molecule has 0 radical (unpaired) electrons. The Balaban J connectivity index is 1.98. The van der Waals surface area contributed by atoms with Crippen LogP contribution in [0.3, 0.4) is 0 Å². The maximum Gasteiger partial charge on any atom is 0.00905 e. The van der Waals surface area contributed by atoms with Crippen LogP contribution in [0.1, 0.15) is 67.2 Å². The summed E-state index contributed by atoms with van der Waals surface area (Å²) in [5, 5.41) is 0. The van der Waals surface area contributed by atoms with Crippen LogP contribution in [0.2, 0.25) is 0 Å². The molecule has 0 heterocycles. The molecule has 0 amide bonds. The standard InChI is InChI=1S/C20H40N2/c1-11-7-17(8-12(2)19(11)21)15(5)16(6)18-9-13(3)20(22)14(4)10-18/h11-20H,7-10,21-22H2,1-6H3. The van der Waals surface area contributed by atoms with Gasteiger partial charge in [-0.2, -0.15) is 0 Å². The third-order valence-corrected chi connectivity index (χ3v) is 7.64. The molecule has 0 saturated heterocycles. The Morgan fingerprint density at radius 3 is 1.05 bits per heavy atom. The molecule has 2 aliphatic carbocycles. The van der Waals surface area contributed by atoms with Gasteiger partial charge < -0.3 is 11.5 Å². The molecule has 4 N–H and O–H groups in total. The van der Waals surface area contributed by atoms with Gasteiger partial charge in [0.15, 0.2) is 0 Å². The van der Waals surface area contributed by atoms with Gasteiger partial charge in [-0.05, 0) is 73.0 Å². The minimum absolute atomic E-state index is 0.409. The van der Waals surface area contributed by atoms with Gasteiger partial charge in [-0.3, -0.25) is 0 Å². The lowest BCUT2D eigenvalue weighted by molar-refractivity contribution is 0.0620. The summed E-state index contributed by atoms with van der Waals surface area (Å²) >= 11 is 0. The first-order valence-corrected chi connectivity index (χ1v) is 9.73. The highest BCUT2D eigenvalue weighted by Crippen LogP contribution is 2.44. The summed E-state index contributed by atoms with van der Waals surface area (Å²) in [5.41, 5.74) is 12.7. The third kappa shape index (κ3) is 3.70. The van der Waals surface area contributed by atoms with Gasteiger partial charge in [0.05, 0.1) is 0 Å². The molecule has 2 nitrogen and oxygen atoms in total. The number of hydrogen-bond acceptors (Lipinski definition) is 2. The van der Waals surface area contributed by atoms with Gasteiger partial charge in [-0.1, -0.05) is 41.5 Å². The summed E-state index contributed by atoms with van der Waals surface area (Å²) in [5.74, 6) is 6.08. The molecular formula is C20H40N2. The smallest absolute Gasteiger partial charge is 0.00905 e. The van der Waals surface area contributed by atoms with Crippen molar-refractivity contribution in [1.82, 2.24) is 0 Å². The predicted molar refractivity (Wildman–Crippen MR) is 96.4 cm³/mol. The Hall–Kier alpha value is -0.0800. The second-order valence-electron chi connectivity index (χ2n) is 9.25. The fourth-order valence-electron chi connectivity index (χ4n) is 5.57. The van der Waals surface area contributed by atoms with Crippen LogP contribution in [0.4, 0.5) is 0 Å². The van der Waals surface area contributed by atoms with Crippen LogP contribution in [0.15, 0.2) is 0 Å². The Morgan fingerprint density at radius 1 is 0.591 bits per heavy atom. The van der Waals surface area contributed by atoms with Crippen LogP contribution in [-0.2, 0) is 0 Å². The van der Waals surface area contributed by atoms with Crippen LogP contribution in [0.5, 0.6) is 0 Å². The molecule has 2 aliphatic rings. The van der Waals surface area contributed by atoms with Crippen molar-refractivity contribution in [2.75, 3.05) is 0 Å². The molecule has 22 heavy (non-hydrogen) atoms. The van der Waals surface area contributed by atoms with Crippen molar-refractivity contribution in [2.24, 2.45) is 58.8 Å². The summed E-state index contributed by atoms with van der Waals surface area (Å²) in [6.45, 7) is 14.4. The second kappa shape index (κ2) is 7.21. The highest BCUT2D eigenvalue weighted by atomic mass is 14.7. The Kier molecular flexibility index (Phi) is 5.99. The Morgan fingerprint density at radius 2 is 0.818 bits per heavy atom. The average molecular weight is 309 g/mol. The molecule has 0 bridgehead atoms. The van der Waals surface area contributed by atoms with Crippen LogP contribution in [-0.4, -0.2) is 12.1 Å². The lowest BCUT2D eigenvalue weighted by atomic mass is 9.62. The maximum atomic E-state index is 6.34. The lowest BCUT2D eigenvalue weighted by Crippen LogP contribution is -2.45. The molecule has 0 aromatic heterocycles. The lowest BCUT2D eigenvalue weighted by Gasteiger charge is -2.45. The molecule has 2 saturated carbocycles. The first kappa shape index (κ1) is 18.3. The summed E-state index contributed by atoms with van der Waals surface area (Å²) in [6, 6.07) is 0.818. The van der Waals surface area contributed by atoms with Crippen LogP contribution in [0, 0.1) is 47.3 Å². The molecule has 2 heteroatoms. The average Bonchev–Trinajstić information content (AvgIpc) is 2.47. The normalized spacial score (nSPS) is 49.6. The van der Waals surface area contributed by atoms with E-state index < -0.39 is 0 Å². The molecule has 6 unspecified atom stereocenters. The minimum atomic E-state index is 0.409. The summed E-state index contributed by atoms with van der Waals surface area (Å²) < 4.78 is 0. The van der Waals surface area contributed by atoms with Crippen molar-refractivity contribution in [1.29, 1.82) is 0 Å². The van der Waals surface area contributed by atoms with E-state index in [0.717, 1.165) is 23.7 Å². The van der Waals surface area contributed by atoms with Gasteiger partial charge >= 0.3 is 0 Å². The largest absolute Gasteiger partial charge is 0.327 e. The van der Waals surface area contributed by atoms with E-state index in [1.54, 1.807) is 0 Å². The molecule has 0 spiro atoms. The molecular weight excluding hydrogens is 268 g/mol.